The normalized spacial score (nSPS) is 22.5. The predicted molar refractivity (Wildman–Crippen MR) is 90.8 cm³/mol. The molecule has 1 fully saturated rings. The average Bonchev–Trinajstić information content (AvgIpc) is 2.85. The molecule has 0 aliphatic carbocycles. The molecule has 1 N–H and O–H groups in total. The fourth-order valence-corrected chi connectivity index (χ4v) is 3.57. The quantitative estimate of drug-likeness (QED) is 0.691. The molecule has 7 heteroatoms. The van der Waals surface area contributed by atoms with Crippen LogP contribution in [-0.2, 0) is 5.72 Å². The van der Waals surface area contributed by atoms with Gasteiger partial charge in [0.15, 0.2) is 10.9 Å². The molecule has 1 saturated heterocycles. The summed E-state index contributed by atoms with van der Waals surface area (Å²) in [4.78, 5) is 16.5. The first kappa shape index (κ1) is 15.5. The number of benzene rings is 2. The van der Waals surface area contributed by atoms with Gasteiger partial charge in [0.25, 0.3) is 5.69 Å². The lowest BCUT2D eigenvalue weighted by molar-refractivity contribution is -0.384. The maximum atomic E-state index is 11.0. The van der Waals surface area contributed by atoms with Crippen LogP contribution in [0, 0.1) is 10.1 Å². The van der Waals surface area contributed by atoms with E-state index in [1.54, 1.807) is 24.1 Å². The van der Waals surface area contributed by atoms with E-state index in [2.05, 4.69) is 4.99 Å². The Morgan fingerprint density at radius 1 is 1.22 bits per heavy atom. The summed E-state index contributed by atoms with van der Waals surface area (Å²) in [6.45, 7) is 0. The molecule has 3 rings (SSSR count). The van der Waals surface area contributed by atoms with Gasteiger partial charge < -0.3 is 10.0 Å². The first-order valence-electron chi connectivity index (χ1n) is 6.98. The Balaban J connectivity index is 1.88. The standard InChI is InChI=1S/C16H15N3O3S/c1-18-15(17-13-5-3-2-4-6-13)23-11-16(18,20)12-7-9-14(10-8-12)19(21)22/h2-10,20H,11H2,1H3/t16-/m1/s1. The number of hydrogen-bond acceptors (Lipinski definition) is 5. The van der Waals surface area contributed by atoms with Crippen molar-refractivity contribution in [3.05, 3.63) is 70.3 Å². The highest BCUT2D eigenvalue weighted by Crippen LogP contribution is 2.39. The Kier molecular flexibility index (Phi) is 4.06. The van der Waals surface area contributed by atoms with Crippen LogP contribution in [0.1, 0.15) is 5.56 Å². The van der Waals surface area contributed by atoms with E-state index in [9.17, 15) is 15.2 Å². The molecule has 1 aliphatic rings. The molecular weight excluding hydrogens is 314 g/mol. The van der Waals surface area contributed by atoms with Crippen LogP contribution >= 0.6 is 11.8 Å². The van der Waals surface area contributed by atoms with E-state index < -0.39 is 10.6 Å². The van der Waals surface area contributed by atoms with E-state index in [-0.39, 0.29) is 5.69 Å². The smallest absolute Gasteiger partial charge is 0.269 e. The number of nitrogens with zero attached hydrogens (tertiary/aromatic N) is 3. The molecule has 0 radical (unpaired) electrons. The molecule has 6 nitrogen and oxygen atoms in total. The molecule has 0 unspecified atom stereocenters. The Labute approximate surface area is 137 Å². The summed E-state index contributed by atoms with van der Waals surface area (Å²) in [6, 6.07) is 15.5. The van der Waals surface area contributed by atoms with E-state index in [0.29, 0.717) is 16.5 Å². The maximum Gasteiger partial charge on any atom is 0.269 e. The molecule has 2 aromatic rings. The molecule has 0 aromatic heterocycles. The Morgan fingerprint density at radius 3 is 2.48 bits per heavy atom. The monoisotopic (exact) mass is 329 g/mol. The minimum atomic E-state index is -1.23. The number of non-ortho nitro benzene ring substituents is 1. The van der Waals surface area contributed by atoms with E-state index in [1.165, 1.54) is 23.9 Å². The fraction of sp³-hybridized carbons (Fsp3) is 0.188. The molecule has 0 saturated carbocycles. The zero-order valence-electron chi connectivity index (χ0n) is 12.4. The third-order valence-electron chi connectivity index (χ3n) is 3.77. The van der Waals surface area contributed by atoms with Crippen molar-refractivity contribution in [2.45, 2.75) is 5.72 Å². The Bertz CT molecular complexity index is 749. The number of aliphatic imine (C=N–C) groups is 1. The first-order valence-corrected chi connectivity index (χ1v) is 7.97. The van der Waals surface area contributed by atoms with Gasteiger partial charge in [0, 0.05) is 24.7 Å². The molecule has 0 bridgehead atoms. The van der Waals surface area contributed by atoms with Crippen LogP contribution in [0.25, 0.3) is 0 Å². The van der Waals surface area contributed by atoms with Crippen molar-refractivity contribution in [2.24, 2.45) is 4.99 Å². The fourth-order valence-electron chi connectivity index (χ4n) is 2.36. The van der Waals surface area contributed by atoms with Gasteiger partial charge in [-0.05, 0) is 24.3 Å². The van der Waals surface area contributed by atoms with Crippen LogP contribution in [-0.4, -0.2) is 32.9 Å². The van der Waals surface area contributed by atoms with Crippen molar-refractivity contribution in [1.29, 1.82) is 0 Å². The van der Waals surface area contributed by atoms with Gasteiger partial charge in [-0.1, -0.05) is 30.0 Å². The minimum absolute atomic E-state index is 0.00355. The number of thioether (sulfide) groups is 1. The molecule has 1 heterocycles. The van der Waals surface area contributed by atoms with Gasteiger partial charge in [-0.2, -0.15) is 0 Å². The molecular formula is C16H15N3O3S. The van der Waals surface area contributed by atoms with Crippen molar-refractivity contribution < 1.29 is 10.0 Å². The molecule has 23 heavy (non-hydrogen) atoms. The third-order valence-corrected chi connectivity index (χ3v) is 4.94. The van der Waals surface area contributed by atoms with Crippen molar-refractivity contribution in [2.75, 3.05) is 12.8 Å². The molecule has 1 atom stereocenters. The number of aliphatic hydroxyl groups is 1. The lowest BCUT2D eigenvalue weighted by Crippen LogP contribution is -2.42. The second-order valence-electron chi connectivity index (χ2n) is 5.20. The van der Waals surface area contributed by atoms with Gasteiger partial charge in [-0.3, -0.25) is 10.1 Å². The van der Waals surface area contributed by atoms with E-state index >= 15 is 0 Å². The highest BCUT2D eigenvalue weighted by Gasteiger charge is 2.42. The van der Waals surface area contributed by atoms with Crippen molar-refractivity contribution in [1.82, 2.24) is 4.90 Å². The highest BCUT2D eigenvalue weighted by atomic mass is 32.2. The maximum absolute atomic E-state index is 11.0. The highest BCUT2D eigenvalue weighted by molar-refractivity contribution is 8.14. The van der Waals surface area contributed by atoms with Gasteiger partial charge in [0.1, 0.15) is 0 Å². The summed E-state index contributed by atoms with van der Waals surface area (Å²) in [5.74, 6) is 0.410. The van der Waals surface area contributed by atoms with Crippen LogP contribution < -0.4 is 0 Å². The van der Waals surface area contributed by atoms with Crippen molar-refractivity contribution in [3.63, 3.8) is 0 Å². The summed E-state index contributed by atoms with van der Waals surface area (Å²) in [6.07, 6.45) is 0. The Morgan fingerprint density at radius 2 is 1.87 bits per heavy atom. The molecule has 1 aliphatic heterocycles. The summed E-state index contributed by atoms with van der Waals surface area (Å²) < 4.78 is 0. The summed E-state index contributed by atoms with van der Waals surface area (Å²) in [5, 5.41) is 22.4. The van der Waals surface area contributed by atoms with Crippen LogP contribution in [0.3, 0.4) is 0 Å². The van der Waals surface area contributed by atoms with E-state index in [1.807, 2.05) is 30.3 Å². The minimum Gasteiger partial charge on any atom is -0.366 e. The zero-order chi connectivity index (χ0) is 16.4. The molecule has 118 valence electrons. The number of rotatable bonds is 3. The van der Waals surface area contributed by atoms with Gasteiger partial charge in [-0.15, -0.1) is 0 Å². The van der Waals surface area contributed by atoms with Gasteiger partial charge in [0.05, 0.1) is 16.4 Å². The molecule has 0 amide bonds. The summed E-state index contributed by atoms with van der Waals surface area (Å²) >= 11 is 1.45. The van der Waals surface area contributed by atoms with Crippen molar-refractivity contribution >= 4 is 28.3 Å². The predicted octanol–water partition coefficient (Wildman–Crippen LogP) is 3.11. The largest absolute Gasteiger partial charge is 0.366 e. The number of amidine groups is 1. The van der Waals surface area contributed by atoms with Gasteiger partial charge >= 0.3 is 0 Å². The van der Waals surface area contributed by atoms with Gasteiger partial charge in [0.2, 0.25) is 0 Å². The summed E-state index contributed by atoms with van der Waals surface area (Å²) in [5.41, 5.74) is 0.197. The van der Waals surface area contributed by atoms with Crippen LogP contribution in [0.4, 0.5) is 11.4 Å². The first-order chi connectivity index (χ1) is 11.0. The van der Waals surface area contributed by atoms with Crippen LogP contribution in [0.15, 0.2) is 59.6 Å². The SMILES string of the molecule is CN1C(=Nc2ccccc2)SC[C@@]1(O)c1ccc([N+](=O)[O-])cc1. The number of para-hydroxylation sites is 1. The Hall–Kier alpha value is -2.38. The average molecular weight is 329 g/mol. The third kappa shape index (κ3) is 2.93. The molecule has 2 aromatic carbocycles. The molecule has 0 spiro atoms. The van der Waals surface area contributed by atoms with E-state index in [4.69, 9.17) is 0 Å². The lowest BCUT2D eigenvalue weighted by atomic mass is 10.0. The zero-order valence-corrected chi connectivity index (χ0v) is 13.2. The second kappa shape index (κ2) is 6.02. The topological polar surface area (TPSA) is 79.0 Å². The van der Waals surface area contributed by atoms with Crippen LogP contribution in [0.2, 0.25) is 0 Å². The van der Waals surface area contributed by atoms with Crippen molar-refractivity contribution in [3.8, 4) is 0 Å². The van der Waals surface area contributed by atoms with Crippen LogP contribution in [0.5, 0.6) is 0 Å². The van der Waals surface area contributed by atoms with Gasteiger partial charge in [-0.25, -0.2) is 4.99 Å². The number of hydrogen-bond donors (Lipinski definition) is 1. The number of nitro benzene ring substituents is 1. The van der Waals surface area contributed by atoms with E-state index in [0.717, 1.165) is 5.69 Å². The lowest BCUT2D eigenvalue weighted by Gasteiger charge is -2.31. The summed E-state index contributed by atoms with van der Waals surface area (Å²) in [7, 11) is 1.77. The second-order valence-corrected chi connectivity index (χ2v) is 6.14. The number of nitro groups is 1.